The Balaban J connectivity index is 0.000000286. The zero-order valence-electron chi connectivity index (χ0n) is 20.3. The fourth-order valence-corrected chi connectivity index (χ4v) is 3.42. The second-order valence-electron chi connectivity index (χ2n) is 7.67. The van der Waals surface area contributed by atoms with Gasteiger partial charge in [0, 0.05) is 25.8 Å². The summed E-state index contributed by atoms with van der Waals surface area (Å²) in [4.78, 5) is 6.49. The first kappa shape index (κ1) is 26.9. The number of likely N-dealkylation sites (tertiary alicyclic amines) is 1. The number of ether oxygens (including phenoxy) is 1. The molecule has 0 saturated carbocycles. The highest BCUT2D eigenvalue weighted by Crippen LogP contribution is 2.27. The summed E-state index contributed by atoms with van der Waals surface area (Å²) in [5.41, 5.74) is 8.90. The summed E-state index contributed by atoms with van der Waals surface area (Å²) in [5.74, 6) is 1.33. The number of nitrogens with two attached hydrogens (primary N) is 1. The van der Waals surface area contributed by atoms with Crippen molar-refractivity contribution in [3.63, 3.8) is 0 Å². The summed E-state index contributed by atoms with van der Waals surface area (Å²) in [6, 6.07) is 14.5. The molecular weight excluding hydrogens is 433 g/mol. The van der Waals surface area contributed by atoms with Crippen LogP contribution in [0.5, 0.6) is 0 Å². The lowest BCUT2D eigenvalue weighted by Gasteiger charge is -2.08. The Bertz CT molecular complexity index is 1030. The summed E-state index contributed by atoms with van der Waals surface area (Å²) >= 11 is 0. The first-order valence-electron chi connectivity index (χ1n) is 11.2. The number of methoxy groups -OCH3 is 1. The van der Waals surface area contributed by atoms with Crippen molar-refractivity contribution >= 4 is 11.9 Å². The fourth-order valence-electron chi connectivity index (χ4n) is 3.42. The van der Waals surface area contributed by atoms with Gasteiger partial charge in [-0.1, -0.05) is 47.6 Å². The smallest absolute Gasteiger partial charge is 0.231 e. The van der Waals surface area contributed by atoms with E-state index in [1.807, 2.05) is 24.0 Å². The van der Waals surface area contributed by atoms with E-state index < -0.39 is 0 Å². The molecule has 34 heavy (non-hydrogen) atoms. The minimum atomic E-state index is -0.208. The molecule has 3 N–H and O–H groups in total. The SMILES string of the molecule is C/C=C(\C)c1ccc(-c2noc(C3CCN(C=N)C3)n2)cc1.CN.COCc1ccc(F)cc1. The fraction of sp³-hybridized carbons (Fsp3) is 0.346. The lowest BCUT2D eigenvalue weighted by Crippen LogP contribution is -2.17. The number of hydrogen-bond acceptors (Lipinski definition) is 6. The van der Waals surface area contributed by atoms with Crippen LogP contribution >= 0.6 is 0 Å². The lowest BCUT2D eigenvalue weighted by molar-refractivity contribution is 0.185. The van der Waals surface area contributed by atoms with E-state index in [4.69, 9.17) is 14.7 Å². The highest BCUT2D eigenvalue weighted by atomic mass is 19.1. The van der Waals surface area contributed by atoms with E-state index in [9.17, 15) is 4.39 Å². The Morgan fingerprint density at radius 1 is 1.21 bits per heavy atom. The molecule has 1 atom stereocenters. The predicted octanol–water partition coefficient (Wildman–Crippen LogP) is 5.10. The molecule has 1 unspecified atom stereocenters. The maximum atomic E-state index is 12.3. The first-order chi connectivity index (χ1) is 16.5. The number of allylic oxidation sites excluding steroid dienone is 2. The molecule has 1 aromatic heterocycles. The Labute approximate surface area is 200 Å². The molecule has 0 bridgehead atoms. The molecule has 7 nitrogen and oxygen atoms in total. The molecule has 4 rings (SSSR count). The van der Waals surface area contributed by atoms with Crippen LogP contribution in [0.1, 0.15) is 43.2 Å². The maximum absolute atomic E-state index is 12.3. The van der Waals surface area contributed by atoms with Crippen LogP contribution in [-0.2, 0) is 11.3 Å². The predicted molar refractivity (Wildman–Crippen MR) is 134 cm³/mol. The largest absolute Gasteiger partial charge is 0.380 e. The van der Waals surface area contributed by atoms with Gasteiger partial charge in [0.25, 0.3) is 0 Å². The minimum absolute atomic E-state index is 0.208. The Morgan fingerprint density at radius 2 is 1.88 bits per heavy atom. The van der Waals surface area contributed by atoms with Gasteiger partial charge in [0.1, 0.15) is 5.82 Å². The monoisotopic (exact) mass is 467 g/mol. The van der Waals surface area contributed by atoms with E-state index in [1.165, 1.54) is 36.7 Å². The third-order valence-corrected chi connectivity index (χ3v) is 5.45. The molecule has 1 fully saturated rings. The van der Waals surface area contributed by atoms with Crippen LogP contribution in [0.3, 0.4) is 0 Å². The van der Waals surface area contributed by atoms with Crippen LogP contribution < -0.4 is 5.73 Å². The van der Waals surface area contributed by atoms with E-state index in [-0.39, 0.29) is 11.7 Å². The molecule has 1 aliphatic heterocycles. The van der Waals surface area contributed by atoms with Crippen LogP contribution in [-0.4, -0.2) is 48.6 Å². The normalized spacial score (nSPS) is 15.2. The molecule has 0 aliphatic carbocycles. The summed E-state index contributed by atoms with van der Waals surface area (Å²) in [5, 5.41) is 11.4. The van der Waals surface area contributed by atoms with Crippen molar-refractivity contribution in [3.8, 4) is 11.4 Å². The van der Waals surface area contributed by atoms with Crippen molar-refractivity contribution in [2.75, 3.05) is 27.2 Å². The van der Waals surface area contributed by atoms with Crippen molar-refractivity contribution in [3.05, 3.63) is 77.4 Å². The molecule has 1 aliphatic rings. The third-order valence-electron chi connectivity index (χ3n) is 5.45. The molecular formula is C26H34FN5O2. The number of rotatable bonds is 6. The topological polar surface area (TPSA) is 101 Å². The van der Waals surface area contributed by atoms with Crippen molar-refractivity contribution in [1.82, 2.24) is 15.0 Å². The van der Waals surface area contributed by atoms with Crippen molar-refractivity contribution in [2.24, 2.45) is 5.73 Å². The van der Waals surface area contributed by atoms with E-state index in [2.05, 4.69) is 41.0 Å². The highest BCUT2D eigenvalue weighted by molar-refractivity contribution is 5.66. The van der Waals surface area contributed by atoms with Gasteiger partial charge >= 0.3 is 0 Å². The van der Waals surface area contributed by atoms with Crippen LogP contribution in [0.2, 0.25) is 0 Å². The maximum Gasteiger partial charge on any atom is 0.231 e. The van der Waals surface area contributed by atoms with Gasteiger partial charge < -0.3 is 19.9 Å². The summed E-state index contributed by atoms with van der Waals surface area (Å²) in [6.45, 7) is 6.33. The van der Waals surface area contributed by atoms with Gasteiger partial charge in [0.15, 0.2) is 0 Å². The number of hydrogen-bond donors (Lipinski definition) is 2. The zero-order chi connectivity index (χ0) is 24.9. The number of benzene rings is 2. The van der Waals surface area contributed by atoms with E-state index in [0.29, 0.717) is 18.3 Å². The Hall–Kier alpha value is -3.36. The Kier molecular flexibility index (Phi) is 11.1. The van der Waals surface area contributed by atoms with E-state index in [1.54, 1.807) is 19.2 Å². The molecule has 182 valence electrons. The number of nitrogens with zero attached hydrogens (tertiary/aromatic N) is 3. The standard InChI is InChI=1S/C17H20N4O.C8H9FO.CH5N/c1-3-12(2)13-4-6-14(7-5-13)16-19-17(22-20-16)15-8-9-21(10-15)11-18;1-10-6-7-2-4-8(9)5-3-7;1-2/h3-7,11,15,18H,8-10H2,1-2H3;2-5H,6H2,1H3;2H2,1H3/b12-3+,18-11?;;. The van der Waals surface area contributed by atoms with Crippen LogP contribution in [0.15, 0.2) is 59.1 Å². The zero-order valence-corrected chi connectivity index (χ0v) is 20.3. The third kappa shape index (κ3) is 7.60. The summed E-state index contributed by atoms with van der Waals surface area (Å²) in [7, 11) is 3.11. The first-order valence-corrected chi connectivity index (χ1v) is 11.2. The average molecular weight is 468 g/mol. The second-order valence-corrected chi connectivity index (χ2v) is 7.67. The van der Waals surface area contributed by atoms with Crippen LogP contribution in [0, 0.1) is 11.2 Å². The van der Waals surface area contributed by atoms with Gasteiger partial charge in [0.05, 0.1) is 18.9 Å². The minimum Gasteiger partial charge on any atom is -0.380 e. The van der Waals surface area contributed by atoms with Gasteiger partial charge in [-0.3, -0.25) is 5.41 Å². The molecule has 0 radical (unpaired) electrons. The van der Waals surface area contributed by atoms with Gasteiger partial charge in [-0.15, -0.1) is 0 Å². The number of halogens is 1. The van der Waals surface area contributed by atoms with Crippen LogP contribution in [0.4, 0.5) is 4.39 Å². The van der Waals surface area contributed by atoms with E-state index in [0.717, 1.165) is 30.6 Å². The van der Waals surface area contributed by atoms with Crippen molar-refractivity contribution in [2.45, 2.75) is 32.8 Å². The van der Waals surface area contributed by atoms with Crippen LogP contribution in [0.25, 0.3) is 17.0 Å². The van der Waals surface area contributed by atoms with Crippen molar-refractivity contribution in [1.29, 1.82) is 5.41 Å². The number of nitrogens with one attached hydrogen (secondary N) is 1. The molecule has 1 saturated heterocycles. The molecule has 0 amide bonds. The molecule has 0 spiro atoms. The lowest BCUT2D eigenvalue weighted by atomic mass is 10.1. The second kappa shape index (κ2) is 14.0. The van der Waals surface area contributed by atoms with Gasteiger partial charge in [-0.25, -0.2) is 4.39 Å². The van der Waals surface area contributed by atoms with Gasteiger partial charge in [-0.2, -0.15) is 4.98 Å². The molecule has 8 heteroatoms. The van der Waals surface area contributed by atoms with E-state index >= 15 is 0 Å². The molecule has 3 aromatic rings. The highest BCUT2D eigenvalue weighted by Gasteiger charge is 2.27. The quantitative estimate of drug-likeness (QED) is 0.386. The summed E-state index contributed by atoms with van der Waals surface area (Å²) in [6.07, 6.45) is 4.42. The molecule has 2 heterocycles. The Morgan fingerprint density at radius 3 is 2.44 bits per heavy atom. The average Bonchev–Trinajstić information content (AvgIpc) is 3.57. The number of aromatic nitrogens is 2. The molecule has 2 aromatic carbocycles. The van der Waals surface area contributed by atoms with Gasteiger partial charge in [-0.05, 0) is 56.1 Å². The van der Waals surface area contributed by atoms with Gasteiger partial charge in [0.2, 0.25) is 11.7 Å². The van der Waals surface area contributed by atoms with Crippen molar-refractivity contribution < 1.29 is 13.7 Å². The summed E-state index contributed by atoms with van der Waals surface area (Å²) < 4.78 is 22.6.